The van der Waals surface area contributed by atoms with Crippen LogP contribution in [0.3, 0.4) is 0 Å². The van der Waals surface area contributed by atoms with Gasteiger partial charge in [0, 0.05) is 19.0 Å². The van der Waals surface area contributed by atoms with Gasteiger partial charge >= 0.3 is 18.0 Å². The van der Waals surface area contributed by atoms with Crippen molar-refractivity contribution >= 4 is 18.0 Å². The van der Waals surface area contributed by atoms with E-state index in [-0.39, 0.29) is 30.1 Å². The number of benzene rings is 2. The second-order valence-corrected chi connectivity index (χ2v) is 10.2. The average molecular weight is 552 g/mol. The molecular weight excluding hydrogens is 510 g/mol. The number of esters is 2. The maximum absolute atomic E-state index is 13.6. The van der Waals surface area contributed by atoms with Crippen LogP contribution in [0.25, 0.3) is 0 Å². The first kappa shape index (κ1) is 30.9. The summed E-state index contributed by atoms with van der Waals surface area (Å²) in [4.78, 5) is 38.2. The summed E-state index contributed by atoms with van der Waals surface area (Å²) in [5.74, 6) is -1.000. The Hall–Kier alpha value is -3.65. The van der Waals surface area contributed by atoms with Gasteiger partial charge in [-0.15, -0.1) is 0 Å². The predicted octanol–water partition coefficient (Wildman–Crippen LogP) is 6.36. The van der Waals surface area contributed by atoms with E-state index in [0.29, 0.717) is 18.6 Å². The third kappa shape index (κ3) is 9.83. The highest BCUT2D eigenvalue weighted by molar-refractivity contribution is 5.97. The highest BCUT2D eigenvalue weighted by Gasteiger charge is 2.27. The van der Waals surface area contributed by atoms with Crippen molar-refractivity contribution in [2.75, 3.05) is 6.61 Å². The van der Waals surface area contributed by atoms with Crippen LogP contribution < -0.4 is 10.1 Å². The number of fused-ring (bicyclic) bond motifs is 1. The van der Waals surface area contributed by atoms with Crippen molar-refractivity contribution in [2.24, 2.45) is 5.92 Å². The van der Waals surface area contributed by atoms with Gasteiger partial charge in [-0.05, 0) is 55.4 Å². The standard InChI is InChI=1S/C32H41NO7/c1-3-4-10-21-38-32(37)33-20-12-18-26-22-27(34)23(2)13-8-9-14-24-17-11-19-28(29(24)31(36)39-26)40-30(35)25-15-6-5-7-16-25/h5-7,11-12,15-17,19-20,23,26-27,34H,3-4,8-10,13-14,18,21-22H2,1-2H3,(H,33,37)/b20-12+/t23-,26-,27+/m0/s1. The fourth-order valence-corrected chi connectivity index (χ4v) is 4.62. The third-order valence-corrected chi connectivity index (χ3v) is 7.02. The summed E-state index contributed by atoms with van der Waals surface area (Å²) in [5, 5.41) is 13.4. The number of aliphatic hydroxyl groups is 1. The third-order valence-electron chi connectivity index (χ3n) is 7.02. The Morgan fingerprint density at radius 2 is 1.90 bits per heavy atom. The summed E-state index contributed by atoms with van der Waals surface area (Å²) in [6.07, 6.45) is 7.77. The van der Waals surface area contributed by atoms with E-state index in [2.05, 4.69) is 12.2 Å². The molecule has 0 aromatic heterocycles. The van der Waals surface area contributed by atoms with Crippen LogP contribution in [-0.2, 0) is 15.9 Å². The first-order valence-corrected chi connectivity index (χ1v) is 14.3. The molecule has 216 valence electrons. The molecule has 0 saturated heterocycles. The maximum Gasteiger partial charge on any atom is 0.411 e. The first-order valence-electron chi connectivity index (χ1n) is 14.3. The summed E-state index contributed by atoms with van der Waals surface area (Å²) in [6, 6.07) is 13.8. The van der Waals surface area contributed by atoms with Crippen molar-refractivity contribution in [3.8, 4) is 5.75 Å². The van der Waals surface area contributed by atoms with E-state index in [9.17, 15) is 19.5 Å². The van der Waals surface area contributed by atoms with E-state index >= 15 is 0 Å². The van der Waals surface area contributed by atoms with Crippen LogP contribution in [-0.4, -0.2) is 42.0 Å². The molecule has 3 atom stereocenters. The number of unbranched alkanes of at least 4 members (excludes halogenated alkanes) is 2. The molecule has 0 saturated carbocycles. The topological polar surface area (TPSA) is 111 Å². The lowest BCUT2D eigenvalue weighted by atomic mass is 9.91. The van der Waals surface area contributed by atoms with Crippen molar-refractivity contribution in [1.82, 2.24) is 5.32 Å². The molecule has 40 heavy (non-hydrogen) atoms. The largest absolute Gasteiger partial charge is 0.458 e. The number of alkyl carbamates (subject to hydrolysis) is 1. The highest BCUT2D eigenvalue weighted by atomic mass is 16.6. The minimum atomic E-state index is -0.660. The van der Waals surface area contributed by atoms with Crippen LogP contribution >= 0.6 is 0 Å². The second-order valence-electron chi connectivity index (χ2n) is 10.2. The Morgan fingerprint density at radius 1 is 1.10 bits per heavy atom. The molecule has 8 heteroatoms. The van der Waals surface area contributed by atoms with Crippen molar-refractivity contribution in [3.63, 3.8) is 0 Å². The molecule has 3 rings (SSSR count). The Morgan fingerprint density at radius 3 is 2.67 bits per heavy atom. The number of carbonyl (C=O) groups excluding carboxylic acids is 3. The van der Waals surface area contributed by atoms with E-state index in [1.165, 1.54) is 6.20 Å². The van der Waals surface area contributed by atoms with Crippen molar-refractivity contribution in [1.29, 1.82) is 0 Å². The molecule has 1 heterocycles. The van der Waals surface area contributed by atoms with Crippen LogP contribution in [0.15, 0.2) is 60.8 Å². The van der Waals surface area contributed by atoms with Crippen LogP contribution in [0, 0.1) is 5.92 Å². The van der Waals surface area contributed by atoms with Gasteiger partial charge < -0.3 is 19.3 Å². The fourth-order valence-electron chi connectivity index (χ4n) is 4.62. The number of ether oxygens (including phenoxy) is 3. The van der Waals surface area contributed by atoms with Crippen molar-refractivity contribution < 1.29 is 33.7 Å². The average Bonchev–Trinajstić information content (AvgIpc) is 2.95. The number of aryl methyl sites for hydroxylation is 1. The monoisotopic (exact) mass is 551 g/mol. The van der Waals surface area contributed by atoms with Gasteiger partial charge in [0.05, 0.1) is 18.3 Å². The smallest absolute Gasteiger partial charge is 0.411 e. The molecule has 0 unspecified atom stereocenters. The van der Waals surface area contributed by atoms with Gasteiger partial charge in [0.15, 0.2) is 0 Å². The Kier molecular flexibility index (Phi) is 12.7. The van der Waals surface area contributed by atoms with Gasteiger partial charge in [-0.25, -0.2) is 14.4 Å². The molecule has 1 aliphatic heterocycles. The molecule has 2 N–H and O–H groups in total. The van der Waals surface area contributed by atoms with Gasteiger partial charge in [0.1, 0.15) is 17.4 Å². The van der Waals surface area contributed by atoms with E-state index < -0.39 is 30.2 Å². The summed E-state index contributed by atoms with van der Waals surface area (Å²) < 4.78 is 16.7. The summed E-state index contributed by atoms with van der Waals surface area (Å²) >= 11 is 0. The Bertz CT molecular complexity index is 1130. The van der Waals surface area contributed by atoms with Crippen LogP contribution in [0.4, 0.5) is 4.79 Å². The molecule has 0 fully saturated rings. The van der Waals surface area contributed by atoms with Gasteiger partial charge in [-0.1, -0.05) is 69.5 Å². The molecule has 2 aromatic rings. The van der Waals surface area contributed by atoms with Crippen LogP contribution in [0.5, 0.6) is 5.75 Å². The quantitative estimate of drug-likeness (QED) is 0.212. The molecule has 0 spiro atoms. The maximum atomic E-state index is 13.6. The molecule has 0 aliphatic carbocycles. The normalized spacial score (nSPS) is 20.0. The highest BCUT2D eigenvalue weighted by Crippen LogP contribution is 2.29. The van der Waals surface area contributed by atoms with E-state index in [1.807, 2.05) is 13.0 Å². The number of carbonyl (C=O) groups is 3. The lowest BCUT2D eigenvalue weighted by molar-refractivity contribution is 0.00529. The molecule has 8 nitrogen and oxygen atoms in total. The van der Waals surface area contributed by atoms with Crippen molar-refractivity contribution in [2.45, 2.75) is 83.8 Å². The first-order chi connectivity index (χ1) is 19.4. The van der Waals surface area contributed by atoms with Gasteiger partial charge in [0.25, 0.3) is 0 Å². The number of cyclic esters (lactones) is 1. The number of aliphatic hydroxyl groups excluding tert-OH is 1. The lowest BCUT2D eigenvalue weighted by Crippen LogP contribution is -2.29. The zero-order chi connectivity index (χ0) is 28.7. The van der Waals surface area contributed by atoms with Crippen LogP contribution in [0.1, 0.15) is 91.5 Å². The minimum absolute atomic E-state index is 0.0402. The predicted molar refractivity (Wildman–Crippen MR) is 152 cm³/mol. The van der Waals surface area contributed by atoms with Crippen molar-refractivity contribution in [3.05, 3.63) is 77.5 Å². The number of amides is 1. The summed E-state index contributed by atoms with van der Waals surface area (Å²) in [5.41, 5.74) is 1.34. The van der Waals surface area contributed by atoms with E-state index in [0.717, 1.165) is 44.1 Å². The number of hydrogen-bond acceptors (Lipinski definition) is 7. The van der Waals surface area contributed by atoms with E-state index in [4.69, 9.17) is 14.2 Å². The zero-order valence-corrected chi connectivity index (χ0v) is 23.5. The molecule has 0 radical (unpaired) electrons. The Balaban J connectivity index is 1.76. The van der Waals surface area contributed by atoms with Crippen LogP contribution in [0.2, 0.25) is 0 Å². The zero-order valence-electron chi connectivity index (χ0n) is 23.5. The lowest BCUT2D eigenvalue weighted by Gasteiger charge is -2.25. The van der Waals surface area contributed by atoms with Gasteiger partial charge in [-0.2, -0.15) is 0 Å². The summed E-state index contributed by atoms with van der Waals surface area (Å²) in [6.45, 7) is 4.43. The van der Waals surface area contributed by atoms with Gasteiger partial charge in [0.2, 0.25) is 0 Å². The molecule has 0 bridgehead atoms. The second kappa shape index (κ2) is 16.5. The fraction of sp³-hybridized carbons (Fsp3) is 0.469. The Labute approximate surface area is 236 Å². The molecular formula is C32H41NO7. The van der Waals surface area contributed by atoms with E-state index in [1.54, 1.807) is 48.5 Å². The number of nitrogens with one attached hydrogen (secondary N) is 1. The molecule has 2 aromatic carbocycles. The molecule has 1 aliphatic rings. The SMILES string of the molecule is CCCCCOC(=O)N/C=C/C[C@H]1C[C@@H](O)[C@@H](C)CCCCc2cccc(OC(=O)c3ccccc3)c2C(=O)O1. The minimum Gasteiger partial charge on any atom is -0.458 e. The number of hydrogen-bond donors (Lipinski definition) is 2. The summed E-state index contributed by atoms with van der Waals surface area (Å²) in [7, 11) is 0. The van der Waals surface area contributed by atoms with Gasteiger partial charge in [-0.3, -0.25) is 5.32 Å². The number of rotatable bonds is 9. The molecule has 1 amide bonds.